The Labute approximate surface area is 266 Å². The fourth-order valence-electron chi connectivity index (χ4n) is 4.07. The lowest BCUT2D eigenvalue weighted by Crippen LogP contribution is -2.45. The highest BCUT2D eigenvalue weighted by Gasteiger charge is 2.38. The molecule has 0 radical (unpaired) electrons. The second-order valence-electron chi connectivity index (χ2n) is 9.98. The first-order valence-corrected chi connectivity index (χ1v) is 13.6. The van der Waals surface area contributed by atoms with Gasteiger partial charge >= 0.3 is 17.8 Å². The number of hydrogen-bond acceptors (Lipinski definition) is 8. The summed E-state index contributed by atoms with van der Waals surface area (Å²) in [6.07, 6.45) is -3.56. The number of amides is 1. The fourth-order valence-corrected chi connectivity index (χ4v) is 4.07. The Morgan fingerprint density at radius 3 is 2.19 bits per heavy atom. The molecule has 2 heterocycles. The molecule has 5 rings (SSSR count). The van der Waals surface area contributed by atoms with Crippen molar-refractivity contribution in [1.29, 1.82) is 0 Å². The number of pyridine rings is 1. The third-order valence-electron chi connectivity index (χ3n) is 6.35. The number of carboxylic acid groups (broad SMARTS) is 1. The molecule has 2 aromatic heterocycles. The highest BCUT2D eigenvalue weighted by Crippen LogP contribution is 2.32. The van der Waals surface area contributed by atoms with Gasteiger partial charge in [0.15, 0.2) is 11.6 Å². The van der Waals surface area contributed by atoms with E-state index in [2.05, 4.69) is 15.4 Å². The number of aromatic nitrogens is 4. The first-order valence-electron chi connectivity index (χ1n) is 13.6. The van der Waals surface area contributed by atoms with Gasteiger partial charge in [0.1, 0.15) is 17.3 Å². The first-order chi connectivity index (χ1) is 22.6. The molecule has 0 aliphatic heterocycles. The van der Waals surface area contributed by atoms with Crippen LogP contribution in [0.3, 0.4) is 0 Å². The number of nitrogens with zero attached hydrogens (tertiary/aromatic N) is 4. The summed E-state index contributed by atoms with van der Waals surface area (Å²) in [4.78, 5) is 52.4. The third-order valence-corrected chi connectivity index (χ3v) is 6.35. The van der Waals surface area contributed by atoms with E-state index in [0.29, 0.717) is 22.4 Å². The predicted molar refractivity (Wildman–Crippen MR) is 161 cm³/mol. The van der Waals surface area contributed by atoms with Crippen LogP contribution < -0.4 is 26.0 Å². The van der Waals surface area contributed by atoms with Crippen LogP contribution in [0.15, 0.2) is 82.5 Å². The number of benzene rings is 3. The Morgan fingerprint density at radius 2 is 1.60 bits per heavy atom. The van der Waals surface area contributed by atoms with Crippen molar-refractivity contribution in [1.82, 2.24) is 19.3 Å². The van der Waals surface area contributed by atoms with Crippen LogP contribution in [0.1, 0.15) is 30.4 Å². The zero-order valence-electron chi connectivity index (χ0n) is 25.1. The van der Waals surface area contributed by atoms with Crippen LogP contribution in [0.25, 0.3) is 16.6 Å². The number of rotatable bonds is 7. The Kier molecular flexibility index (Phi) is 10.2. The third kappa shape index (κ3) is 7.80. The van der Waals surface area contributed by atoms with Gasteiger partial charge in [-0.15, -0.1) is 0 Å². The average molecular weight is 674 g/mol. The number of anilines is 1. The van der Waals surface area contributed by atoms with Crippen LogP contribution in [-0.4, -0.2) is 49.6 Å². The molecule has 0 aliphatic rings. The molecule has 0 spiro atoms. The van der Waals surface area contributed by atoms with Gasteiger partial charge in [-0.2, -0.15) is 18.3 Å². The quantitative estimate of drug-likeness (QED) is 0.214. The van der Waals surface area contributed by atoms with Gasteiger partial charge in [0.25, 0.3) is 11.5 Å². The molecule has 0 unspecified atom stereocenters. The van der Waals surface area contributed by atoms with E-state index < -0.39 is 52.7 Å². The molecule has 0 saturated carbocycles. The molecule has 0 atom stereocenters. The molecule has 17 heteroatoms. The number of carbonyl (C=O) groups is 2. The topological polar surface area (TPSA) is 155 Å². The molecule has 0 aliphatic carbocycles. The number of hydrogen-bond donors (Lipinski definition) is 2. The van der Waals surface area contributed by atoms with Gasteiger partial charge in [0.2, 0.25) is 5.69 Å². The minimum Gasteiger partial charge on any atom is -0.497 e. The second kappa shape index (κ2) is 14.1. The smallest absolute Gasteiger partial charge is 0.490 e. The van der Waals surface area contributed by atoms with Gasteiger partial charge in [0.05, 0.1) is 24.4 Å². The minimum absolute atomic E-state index is 0.0148. The Balaban J connectivity index is 0.000000671. The molecule has 1 amide bonds. The first kappa shape index (κ1) is 34.7. The van der Waals surface area contributed by atoms with E-state index >= 15 is 4.39 Å². The predicted octanol–water partition coefficient (Wildman–Crippen LogP) is 5.49. The van der Waals surface area contributed by atoms with Crippen molar-refractivity contribution >= 4 is 28.5 Å². The molecule has 5 aromatic rings. The highest BCUT2D eigenvalue weighted by molar-refractivity contribution is 6.02. The molecule has 2 N–H and O–H groups in total. The number of nitrogens with one attached hydrogen (secondary N) is 1. The molecule has 3 aromatic carbocycles. The number of halogens is 5. The summed E-state index contributed by atoms with van der Waals surface area (Å²) in [5, 5.41) is 14.2. The van der Waals surface area contributed by atoms with Crippen LogP contribution in [0.2, 0.25) is 0 Å². The highest BCUT2D eigenvalue weighted by atomic mass is 19.4. The molecule has 0 fully saturated rings. The Hall–Kier alpha value is -6.13. The van der Waals surface area contributed by atoms with E-state index in [4.69, 9.17) is 19.4 Å². The summed E-state index contributed by atoms with van der Waals surface area (Å²) in [6, 6.07) is 14.6. The number of aliphatic carboxylic acids is 1. The average Bonchev–Trinajstić information content (AvgIpc) is 3.02. The summed E-state index contributed by atoms with van der Waals surface area (Å²) in [5.41, 5.74) is -1.77. The zero-order chi connectivity index (χ0) is 35.3. The Bertz CT molecular complexity index is 2110. The zero-order valence-corrected chi connectivity index (χ0v) is 25.1. The van der Waals surface area contributed by atoms with Crippen LogP contribution in [0, 0.1) is 11.6 Å². The van der Waals surface area contributed by atoms with Crippen LogP contribution >= 0.6 is 0 Å². The van der Waals surface area contributed by atoms with Gasteiger partial charge in [-0.1, -0.05) is 0 Å². The van der Waals surface area contributed by atoms with E-state index in [9.17, 15) is 31.9 Å². The lowest BCUT2D eigenvalue weighted by atomic mass is 10.2. The maximum Gasteiger partial charge on any atom is 0.490 e. The van der Waals surface area contributed by atoms with Crippen molar-refractivity contribution in [3.05, 3.63) is 111 Å². The van der Waals surface area contributed by atoms with Crippen molar-refractivity contribution in [3.8, 4) is 22.9 Å². The van der Waals surface area contributed by atoms with Gasteiger partial charge in [-0.25, -0.2) is 27.6 Å². The number of carbonyl (C=O) groups excluding carboxylic acids is 1. The van der Waals surface area contributed by atoms with E-state index in [0.717, 1.165) is 27.4 Å². The SMILES string of the molecule is COc1ccc2c(Oc3ccc(NC(=O)c4nn(C(C)C)c(=O)n(-c5ccc(F)cc5)c4=O)cc3F)ccnc2c1.O=C(O)C(F)(F)F. The summed E-state index contributed by atoms with van der Waals surface area (Å²) in [6.45, 7) is 3.29. The van der Waals surface area contributed by atoms with Crippen molar-refractivity contribution in [2.75, 3.05) is 12.4 Å². The van der Waals surface area contributed by atoms with Crippen molar-refractivity contribution in [2.45, 2.75) is 26.1 Å². The molecular formula is C31H24F5N5O7. The van der Waals surface area contributed by atoms with E-state index in [-0.39, 0.29) is 17.1 Å². The number of ether oxygens (including phenoxy) is 2. The van der Waals surface area contributed by atoms with E-state index in [1.165, 1.54) is 37.6 Å². The summed E-state index contributed by atoms with van der Waals surface area (Å²) < 4.78 is 72.9. The lowest BCUT2D eigenvalue weighted by molar-refractivity contribution is -0.192. The van der Waals surface area contributed by atoms with Gasteiger partial charge < -0.3 is 19.9 Å². The van der Waals surface area contributed by atoms with Crippen molar-refractivity contribution in [2.24, 2.45) is 0 Å². The molecule has 12 nitrogen and oxygen atoms in total. The molecular weight excluding hydrogens is 649 g/mol. The van der Waals surface area contributed by atoms with Gasteiger partial charge in [0, 0.05) is 29.4 Å². The number of alkyl halides is 3. The standard InChI is InChI=1S/C29H23F2N5O5.C2HF3O2/c1-16(2)36-29(39)35(19-7-4-17(30)5-8-19)28(38)26(34-36)27(37)33-18-6-11-25(22(31)14-18)41-24-12-13-32-23-15-20(40-3)9-10-21(23)24;3-2(4,5)1(6)7/h4-16H,1-3H3,(H,33,37);(H,6,7). The number of methoxy groups -OCH3 is 1. The maximum absolute atomic E-state index is 15.1. The van der Waals surface area contributed by atoms with Crippen molar-refractivity contribution in [3.63, 3.8) is 0 Å². The fraction of sp³-hybridized carbons (Fsp3) is 0.161. The second-order valence-corrected chi connectivity index (χ2v) is 9.98. The van der Waals surface area contributed by atoms with E-state index in [1.54, 1.807) is 38.1 Å². The summed E-state index contributed by atoms with van der Waals surface area (Å²) in [5.74, 6) is -4.23. The van der Waals surface area contributed by atoms with E-state index in [1.807, 2.05) is 0 Å². The molecule has 0 saturated heterocycles. The maximum atomic E-state index is 15.1. The summed E-state index contributed by atoms with van der Waals surface area (Å²) >= 11 is 0. The normalized spacial score (nSPS) is 11.1. The van der Waals surface area contributed by atoms with Crippen LogP contribution in [0.5, 0.6) is 17.2 Å². The monoisotopic (exact) mass is 673 g/mol. The molecule has 48 heavy (non-hydrogen) atoms. The number of carboxylic acids is 1. The van der Waals surface area contributed by atoms with Gasteiger partial charge in [-0.3, -0.25) is 14.6 Å². The largest absolute Gasteiger partial charge is 0.497 e. The molecule has 0 bridgehead atoms. The van der Waals surface area contributed by atoms with Crippen LogP contribution in [-0.2, 0) is 4.79 Å². The van der Waals surface area contributed by atoms with Gasteiger partial charge in [-0.05, 0) is 68.4 Å². The van der Waals surface area contributed by atoms with Crippen LogP contribution in [0.4, 0.5) is 27.6 Å². The Morgan fingerprint density at radius 1 is 0.938 bits per heavy atom. The van der Waals surface area contributed by atoms with Crippen molar-refractivity contribution < 1.29 is 46.1 Å². The number of fused-ring (bicyclic) bond motifs is 1. The lowest BCUT2D eigenvalue weighted by Gasteiger charge is -2.14. The summed E-state index contributed by atoms with van der Waals surface area (Å²) in [7, 11) is 1.54. The molecule has 250 valence electrons. The minimum atomic E-state index is -5.08.